The number of carbonyl (C=O) groups is 1. The van der Waals surface area contributed by atoms with Gasteiger partial charge < -0.3 is 19.3 Å². The van der Waals surface area contributed by atoms with Crippen LogP contribution in [-0.4, -0.2) is 34.1 Å². The molecular formula is C30H27FN4O3. The zero-order chi connectivity index (χ0) is 25.9. The third-order valence-electron chi connectivity index (χ3n) is 6.90. The molecule has 7 nitrogen and oxygen atoms in total. The summed E-state index contributed by atoms with van der Waals surface area (Å²) in [5, 5.41) is 0. The van der Waals surface area contributed by atoms with Crippen molar-refractivity contribution in [3.05, 3.63) is 113 Å². The van der Waals surface area contributed by atoms with Gasteiger partial charge in [0, 0.05) is 32.1 Å². The summed E-state index contributed by atoms with van der Waals surface area (Å²) < 4.78 is 25.6. The molecule has 6 rings (SSSR count). The van der Waals surface area contributed by atoms with Crippen molar-refractivity contribution < 1.29 is 18.7 Å². The van der Waals surface area contributed by atoms with Gasteiger partial charge in [0.15, 0.2) is 0 Å². The molecule has 3 heterocycles. The number of hydrogen-bond acceptors (Lipinski definition) is 6. The van der Waals surface area contributed by atoms with Crippen LogP contribution in [0, 0.1) is 5.82 Å². The molecule has 38 heavy (non-hydrogen) atoms. The summed E-state index contributed by atoms with van der Waals surface area (Å²) in [6.07, 6.45) is 1.03. The number of benzene rings is 3. The van der Waals surface area contributed by atoms with Crippen molar-refractivity contribution in [2.24, 2.45) is 0 Å². The minimum atomic E-state index is -0.409. The minimum Gasteiger partial charge on any atom is -0.445 e. The van der Waals surface area contributed by atoms with Crippen LogP contribution in [0.1, 0.15) is 27.9 Å². The number of ether oxygens (including phenoxy) is 2. The lowest BCUT2D eigenvalue weighted by Crippen LogP contribution is -2.38. The molecule has 0 radical (unpaired) electrons. The van der Waals surface area contributed by atoms with Gasteiger partial charge in [-0.05, 0) is 35.2 Å². The SMILES string of the molecule is O=C(OCc1ccccc1)N1CCc2nc(N3CCc4ccccc4C3)nc(Oc3cccc(F)c3)c2C1. The smallest absolute Gasteiger partial charge is 0.410 e. The number of aromatic nitrogens is 2. The zero-order valence-electron chi connectivity index (χ0n) is 20.8. The van der Waals surface area contributed by atoms with E-state index in [9.17, 15) is 9.18 Å². The number of carbonyl (C=O) groups excluding carboxylic acids is 1. The predicted octanol–water partition coefficient (Wildman–Crippen LogP) is 5.67. The number of halogens is 1. The lowest BCUT2D eigenvalue weighted by molar-refractivity contribution is 0.0912. The number of anilines is 1. The first kappa shape index (κ1) is 23.9. The van der Waals surface area contributed by atoms with E-state index in [0.717, 1.165) is 24.2 Å². The summed E-state index contributed by atoms with van der Waals surface area (Å²) in [5.74, 6) is 0.841. The van der Waals surface area contributed by atoms with Gasteiger partial charge >= 0.3 is 6.09 Å². The summed E-state index contributed by atoms with van der Waals surface area (Å²) >= 11 is 0. The Hall–Kier alpha value is -4.46. The van der Waals surface area contributed by atoms with Crippen molar-refractivity contribution in [2.75, 3.05) is 18.0 Å². The monoisotopic (exact) mass is 510 g/mol. The minimum absolute atomic E-state index is 0.196. The van der Waals surface area contributed by atoms with Gasteiger partial charge in [0.05, 0.1) is 17.8 Å². The van der Waals surface area contributed by atoms with E-state index in [2.05, 4.69) is 23.1 Å². The van der Waals surface area contributed by atoms with Crippen molar-refractivity contribution in [1.82, 2.24) is 14.9 Å². The van der Waals surface area contributed by atoms with E-state index >= 15 is 0 Å². The lowest BCUT2D eigenvalue weighted by atomic mass is 10.0. The van der Waals surface area contributed by atoms with Crippen molar-refractivity contribution in [1.29, 1.82) is 0 Å². The third-order valence-corrected chi connectivity index (χ3v) is 6.90. The summed E-state index contributed by atoms with van der Waals surface area (Å²) in [4.78, 5) is 26.3. The molecule has 0 aliphatic carbocycles. The van der Waals surface area contributed by atoms with Crippen LogP contribution >= 0.6 is 0 Å². The Morgan fingerprint density at radius 2 is 1.68 bits per heavy atom. The predicted molar refractivity (Wildman–Crippen MR) is 140 cm³/mol. The molecule has 0 N–H and O–H groups in total. The highest BCUT2D eigenvalue weighted by Crippen LogP contribution is 2.33. The molecule has 1 amide bonds. The van der Waals surface area contributed by atoms with E-state index in [-0.39, 0.29) is 13.2 Å². The Kier molecular flexibility index (Phi) is 6.60. The van der Waals surface area contributed by atoms with Crippen LogP contribution < -0.4 is 9.64 Å². The van der Waals surface area contributed by atoms with Crippen molar-refractivity contribution in [3.8, 4) is 11.6 Å². The quantitative estimate of drug-likeness (QED) is 0.345. The number of rotatable bonds is 5. The van der Waals surface area contributed by atoms with Gasteiger partial charge in [-0.25, -0.2) is 14.2 Å². The van der Waals surface area contributed by atoms with E-state index in [4.69, 9.17) is 19.4 Å². The largest absolute Gasteiger partial charge is 0.445 e. The van der Waals surface area contributed by atoms with E-state index in [1.165, 1.54) is 23.3 Å². The van der Waals surface area contributed by atoms with Crippen molar-refractivity contribution in [3.63, 3.8) is 0 Å². The maximum atomic E-state index is 13.9. The van der Waals surface area contributed by atoms with Crippen LogP contribution in [0.2, 0.25) is 0 Å². The fourth-order valence-corrected chi connectivity index (χ4v) is 4.87. The fourth-order valence-electron chi connectivity index (χ4n) is 4.87. The Balaban J connectivity index is 1.27. The molecule has 0 saturated carbocycles. The number of nitrogens with zero attached hydrogens (tertiary/aromatic N) is 4. The second kappa shape index (κ2) is 10.5. The van der Waals surface area contributed by atoms with Gasteiger partial charge in [0.2, 0.25) is 11.8 Å². The second-order valence-electron chi connectivity index (χ2n) is 9.47. The van der Waals surface area contributed by atoms with Crippen molar-refractivity contribution in [2.45, 2.75) is 32.5 Å². The second-order valence-corrected chi connectivity index (χ2v) is 9.47. The standard InChI is InChI=1S/C30H27FN4O3/c31-24-11-6-12-25(17-24)38-28-26-19-35(30(36)37-20-21-7-2-1-3-8-21)16-14-27(26)32-29(33-28)34-15-13-22-9-4-5-10-23(22)18-34/h1-12,17H,13-16,18-20H2. The first-order valence-corrected chi connectivity index (χ1v) is 12.7. The van der Waals surface area contributed by atoms with Gasteiger partial charge in [0.1, 0.15) is 18.2 Å². The number of fused-ring (bicyclic) bond motifs is 2. The Morgan fingerprint density at radius 3 is 2.53 bits per heavy atom. The highest BCUT2D eigenvalue weighted by molar-refractivity contribution is 5.68. The first-order valence-electron chi connectivity index (χ1n) is 12.7. The summed E-state index contributed by atoms with van der Waals surface area (Å²) in [6.45, 7) is 2.40. The van der Waals surface area contributed by atoms with Crippen LogP contribution in [0.25, 0.3) is 0 Å². The van der Waals surface area contributed by atoms with Gasteiger partial charge in [-0.1, -0.05) is 60.7 Å². The average molecular weight is 511 g/mol. The Labute approximate surface area is 220 Å². The maximum absolute atomic E-state index is 13.9. The van der Waals surface area contributed by atoms with Crippen LogP contribution in [-0.2, 0) is 37.3 Å². The van der Waals surface area contributed by atoms with Crippen LogP contribution in [0.3, 0.4) is 0 Å². The molecule has 0 saturated heterocycles. The van der Waals surface area contributed by atoms with Gasteiger partial charge in [-0.15, -0.1) is 0 Å². The molecule has 0 atom stereocenters. The normalized spacial score (nSPS) is 14.4. The molecule has 2 aliphatic heterocycles. The zero-order valence-corrected chi connectivity index (χ0v) is 20.8. The third kappa shape index (κ3) is 5.16. The van der Waals surface area contributed by atoms with Crippen molar-refractivity contribution >= 4 is 12.0 Å². The molecule has 0 fully saturated rings. The Morgan fingerprint density at radius 1 is 0.868 bits per heavy atom. The number of amides is 1. The molecule has 2 aliphatic rings. The molecule has 8 heteroatoms. The highest BCUT2D eigenvalue weighted by atomic mass is 19.1. The topological polar surface area (TPSA) is 67.8 Å². The van der Waals surface area contributed by atoms with Crippen LogP contribution in [0.5, 0.6) is 11.6 Å². The van der Waals surface area contributed by atoms with Gasteiger partial charge in [-0.2, -0.15) is 4.98 Å². The highest BCUT2D eigenvalue weighted by Gasteiger charge is 2.29. The van der Waals surface area contributed by atoms with E-state index < -0.39 is 11.9 Å². The average Bonchev–Trinajstić information content (AvgIpc) is 2.96. The molecule has 3 aromatic carbocycles. The van der Waals surface area contributed by atoms with E-state index in [1.807, 2.05) is 36.4 Å². The molecular weight excluding hydrogens is 483 g/mol. The molecule has 192 valence electrons. The molecule has 4 aromatic rings. The molecule has 0 spiro atoms. The van der Waals surface area contributed by atoms with Gasteiger partial charge in [-0.3, -0.25) is 0 Å². The fraction of sp³-hybridized carbons (Fsp3) is 0.233. The summed E-state index contributed by atoms with van der Waals surface area (Å²) in [5.41, 5.74) is 5.04. The molecule has 0 unspecified atom stereocenters. The van der Waals surface area contributed by atoms with Crippen LogP contribution in [0.4, 0.5) is 15.1 Å². The Bertz CT molecular complexity index is 1460. The molecule has 0 bridgehead atoms. The van der Waals surface area contributed by atoms with Crippen LogP contribution in [0.15, 0.2) is 78.9 Å². The van der Waals surface area contributed by atoms with Gasteiger partial charge in [0.25, 0.3) is 0 Å². The summed E-state index contributed by atoms with van der Waals surface area (Å²) in [7, 11) is 0. The maximum Gasteiger partial charge on any atom is 0.410 e. The lowest BCUT2D eigenvalue weighted by Gasteiger charge is -2.32. The molecule has 1 aromatic heterocycles. The first-order chi connectivity index (χ1) is 18.6. The van der Waals surface area contributed by atoms with E-state index in [0.29, 0.717) is 42.7 Å². The number of hydrogen-bond donors (Lipinski definition) is 0. The summed E-state index contributed by atoms with van der Waals surface area (Å²) in [6, 6.07) is 23.9. The van der Waals surface area contributed by atoms with E-state index in [1.54, 1.807) is 17.0 Å².